The monoisotopic (exact) mass is 431 g/mol. The third-order valence-corrected chi connectivity index (χ3v) is 5.36. The average molecular weight is 432 g/mol. The lowest BCUT2D eigenvalue weighted by atomic mass is 9.93. The van der Waals surface area contributed by atoms with Crippen LogP contribution in [0.1, 0.15) is 63.4 Å². The molecule has 0 aliphatic carbocycles. The third kappa shape index (κ3) is 6.97. The Morgan fingerprint density at radius 1 is 1.23 bits per heavy atom. The van der Waals surface area contributed by atoms with Gasteiger partial charge in [-0.25, -0.2) is 9.18 Å². The molecule has 2 aromatic rings. The van der Waals surface area contributed by atoms with Crippen LogP contribution in [0.3, 0.4) is 0 Å². The van der Waals surface area contributed by atoms with Gasteiger partial charge in [0.2, 0.25) is 0 Å². The van der Waals surface area contributed by atoms with E-state index in [0.717, 1.165) is 35.5 Å². The molecule has 0 saturated carbocycles. The summed E-state index contributed by atoms with van der Waals surface area (Å²) in [4.78, 5) is 14.0. The highest BCUT2D eigenvalue weighted by atomic mass is 19.1. The van der Waals surface area contributed by atoms with Gasteiger partial charge in [0, 0.05) is 37.5 Å². The lowest BCUT2D eigenvalue weighted by Gasteiger charge is -2.33. The molecule has 2 heterocycles. The number of hydrogen-bond acceptors (Lipinski definition) is 4. The van der Waals surface area contributed by atoms with Gasteiger partial charge in [0.1, 0.15) is 17.5 Å². The molecule has 1 N–H and O–H groups in total. The summed E-state index contributed by atoms with van der Waals surface area (Å²) in [5, 5.41) is 7.40. The van der Waals surface area contributed by atoms with Crippen LogP contribution in [0.15, 0.2) is 30.3 Å². The topological polar surface area (TPSA) is 67.4 Å². The molecule has 0 bridgehead atoms. The number of carbonyl (C=O) groups is 1. The van der Waals surface area contributed by atoms with Gasteiger partial charge in [-0.2, -0.15) is 5.10 Å². The number of nitrogens with one attached hydrogen (secondary N) is 1. The van der Waals surface area contributed by atoms with Gasteiger partial charge in [-0.1, -0.05) is 12.1 Å². The molecule has 1 aliphatic rings. The summed E-state index contributed by atoms with van der Waals surface area (Å²) in [6.07, 6.45) is 1.05. The maximum absolute atomic E-state index is 14.6. The summed E-state index contributed by atoms with van der Waals surface area (Å²) in [5.41, 5.74) is 2.22. The van der Waals surface area contributed by atoms with Gasteiger partial charge < -0.3 is 14.4 Å². The molecule has 6 nitrogen and oxygen atoms in total. The second-order valence-electron chi connectivity index (χ2n) is 9.14. The fraction of sp³-hybridized carbons (Fsp3) is 0.583. The van der Waals surface area contributed by atoms with E-state index >= 15 is 0 Å². The van der Waals surface area contributed by atoms with Gasteiger partial charge >= 0.3 is 6.09 Å². The molecule has 170 valence electrons. The molecule has 31 heavy (non-hydrogen) atoms. The molecule has 1 unspecified atom stereocenters. The van der Waals surface area contributed by atoms with E-state index in [9.17, 15) is 9.18 Å². The molecular formula is C24H34FN3O3. The van der Waals surface area contributed by atoms with E-state index in [-0.39, 0.29) is 12.5 Å². The second kappa shape index (κ2) is 10.2. The first-order valence-corrected chi connectivity index (χ1v) is 11.1. The van der Waals surface area contributed by atoms with E-state index in [1.807, 2.05) is 58.0 Å². The number of H-pyrrole nitrogens is 1. The van der Waals surface area contributed by atoms with Gasteiger partial charge in [0.15, 0.2) is 0 Å². The van der Waals surface area contributed by atoms with E-state index in [4.69, 9.17) is 9.47 Å². The second-order valence-corrected chi connectivity index (χ2v) is 9.14. The Labute approximate surface area is 184 Å². The normalized spacial score (nSPS) is 16.2. The Morgan fingerprint density at radius 3 is 2.52 bits per heavy atom. The molecule has 1 amide bonds. The molecule has 7 heteroatoms. The van der Waals surface area contributed by atoms with Crippen molar-refractivity contribution in [1.82, 2.24) is 15.1 Å². The molecular weight excluding hydrogens is 397 g/mol. The first-order chi connectivity index (χ1) is 14.7. The number of rotatable bonds is 7. The van der Waals surface area contributed by atoms with Crippen molar-refractivity contribution in [1.29, 1.82) is 0 Å². The van der Waals surface area contributed by atoms with Gasteiger partial charge in [0.25, 0.3) is 0 Å². The molecule has 0 radical (unpaired) electrons. The Balaban J connectivity index is 1.47. The van der Waals surface area contributed by atoms with Gasteiger partial charge in [-0.15, -0.1) is 0 Å². The number of amides is 1. The zero-order chi connectivity index (χ0) is 22.4. The summed E-state index contributed by atoms with van der Waals surface area (Å²) in [7, 11) is 0. The molecule has 1 saturated heterocycles. The number of carbonyl (C=O) groups excluding carboxylic acids is 1. The van der Waals surface area contributed by atoms with Crippen LogP contribution in [0.2, 0.25) is 0 Å². The Hall–Kier alpha value is -2.57. The standard InChI is InChI=1S/C24H34FN3O3/c1-5-30-21-8-6-17(7-9-21)14-19(25)15-20-16-22(27-26-20)18-10-12-28(13-11-18)23(29)31-24(2,3)4/h6-9,16,18-19H,5,10-15H2,1-4H3,(H,26,27). The molecule has 1 fully saturated rings. The van der Waals surface area contributed by atoms with Crippen LogP contribution >= 0.6 is 0 Å². The Morgan fingerprint density at radius 2 is 1.90 bits per heavy atom. The predicted octanol–water partition coefficient (Wildman–Crippen LogP) is 5.05. The smallest absolute Gasteiger partial charge is 0.410 e. The van der Waals surface area contributed by atoms with Crippen LogP contribution in [0.25, 0.3) is 0 Å². The molecule has 1 atom stereocenters. The number of halogens is 1. The maximum Gasteiger partial charge on any atom is 0.410 e. The minimum absolute atomic E-state index is 0.259. The maximum atomic E-state index is 14.6. The first kappa shape index (κ1) is 23.1. The number of hydrogen-bond donors (Lipinski definition) is 1. The Bertz CT molecular complexity index is 836. The number of likely N-dealkylation sites (tertiary alicyclic amines) is 1. The van der Waals surface area contributed by atoms with Crippen LogP contribution in [0.4, 0.5) is 9.18 Å². The fourth-order valence-electron chi connectivity index (χ4n) is 3.84. The summed E-state index contributed by atoms with van der Waals surface area (Å²) in [6, 6.07) is 9.54. The zero-order valence-electron chi connectivity index (χ0n) is 19.0. The minimum Gasteiger partial charge on any atom is -0.494 e. The molecule has 1 aromatic carbocycles. The molecule has 0 spiro atoms. The van der Waals surface area contributed by atoms with Crippen molar-refractivity contribution in [3.05, 3.63) is 47.3 Å². The number of benzene rings is 1. The van der Waals surface area contributed by atoms with Gasteiger partial charge in [0.05, 0.1) is 12.3 Å². The van der Waals surface area contributed by atoms with E-state index in [1.54, 1.807) is 4.90 Å². The van der Waals surface area contributed by atoms with Crippen molar-refractivity contribution in [3.63, 3.8) is 0 Å². The number of aromatic nitrogens is 2. The lowest BCUT2D eigenvalue weighted by Crippen LogP contribution is -2.41. The van der Waals surface area contributed by atoms with Crippen LogP contribution in [-0.2, 0) is 17.6 Å². The quantitative estimate of drug-likeness (QED) is 0.666. The number of nitrogens with zero attached hydrogens (tertiary/aromatic N) is 2. The van der Waals surface area contributed by atoms with E-state index in [1.165, 1.54) is 0 Å². The summed E-state index contributed by atoms with van der Waals surface area (Å²) >= 11 is 0. The van der Waals surface area contributed by atoms with E-state index < -0.39 is 11.8 Å². The summed E-state index contributed by atoms with van der Waals surface area (Å²) in [6.45, 7) is 9.48. The van der Waals surface area contributed by atoms with E-state index in [2.05, 4.69) is 10.2 Å². The molecule has 3 rings (SSSR count). The van der Waals surface area contributed by atoms with Crippen LogP contribution in [-0.4, -0.2) is 52.7 Å². The number of piperidine rings is 1. The van der Waals surface area contributed by atoms with Crippen LogP contribution < -0.4 is 4.74 Å². The van der Waals surface area contributed by atoms with E-state index in [0.29, 0.717) is 32.0 Å². The van der Waals surface area contributed by atoms with Crippen molar-refractivity contribution in [2.75, 3.05) is 19.7 Å². The summed E-state index contributed by atoms with van der Waals surface area (Å²) in [5.74, 6) is 1.10. The Kier molecular flexibility index (Phi) is 7.57. The number of ether oxygens (including phenoxy) is 2. The first-order valence-electron chi connectivity index (χ1n) is 11.1. The average Bonchev–Trinajstić information content (AvgIpc) is 3.17. The summed E-state index contributed by atoms with van der Waals surface area (Å²) < 4.78 is 25.5. The SMILES string of the molecule is CCOc1ccc(CC(F)Cc2cc(C3CCN(C(=O)OC(C)(C)C)CC3)[nH]n2)cc1. The minimum atomic E-state index is -0.997. The number of alkyl halides is 1. The zero-order valence-corrected chi connectivity index (χ0v) is 19.0. The largest absolute Gasteiger partial charge is 0.494 e. The predicted molar refractivity (Wildman–Crippen MR) is 118 cm³/mol. The lowest BCUT2D eigenvalue weighted by molar-refractivity contribution is 0.0204. The van der Waals surface area contributed by atoms with Gasteiger partial charge in [-0.3, -0.25) is 5.10 Å². The third-order valence-electron chi connectivity index (χ3n) is 5.36. The van der Waals surface area contributed by atoms with Crippen molar-refractivity contribution in [3.8, 4) is 5.75 Å². The van der Waals surface area contributed by atoms with Gasteiger partial charge in [-0.05, 0) is 64.3 Å². The highest BCUT2D eigenvalue weighted by Gasteiger charge is 2.28. The number of aromatic amines is 1. The van der Waals surface area contributed by atoms with Crippen molar-refractivity contribution in [2.45, 2.75) is 71.1 Å². The van der Waals surface area contributed by atoms with Crippen molar-refractivity contribution in [2.24, 2.45) is 0 Å². The van der Waals surface area contributed by atoms with Crippen molar-refractivity contribution >= 4 is 6.09 Å². The fourth-order valence-corrected chi connectivity index (χ4v) is 3.84. The van der Waals surface area contributed by atoms with Crippen molar-refractivity contribution < 1.29 is 18.7 Å². The molecule has 1 aliphatic heterocycles. The molecule has 1 aromatic heterocycles. The highest BCUT2D eigenvalue weighted by molar-refractivity contribution is 5.68. The van der Waals surface area contributed by atoms with Crippen LogP contribution in [0.5, 0.6) is 5.75 Å². The van der Waals surface area contributed by atoms with Crippen LogP contribution in [0, 0.1) is 0 Å². The highest BCUT2D eigenvalue weighted by Crippen LogP contribution is 2.28.